The van der Waals surface area contributed by atoms with E-state index >= 15 is 0 Å². The highest BCUT2D eigenvalue weighted by Gasteiger charge is 2.10. The molecule has 0 heterocycles. The molecule has 1 amide bonds. The molecule has 0 spiro atoms. The fourth-order valence-electron chi connectivity index (χ4n) is 1.55. The Balaban J connectivity index is 2.47. The van der Waals surface area contributed by atoms with Crippen LogP contribution in [0.4, 0.5) is 4.39 Å². The van der Waals surface area contributed by atoms with E-state index < -0.39 is 17.7 Å². The number of hydrogen-bond donors (Lipinski definition) is 2. The second-order valence-corrected chi connectivity index (χ2v) is 4.55. The summed E-state index contributed by atoms with van der Waals surface area (Å²) in [5.74, 6) is -2.13. The molecule has 1 rings (SSSR count). The summed E-state index contributed by atoms with van der Waals surface area (Å²) in [6, 6.07) is 4.36. The van der Waals surface area contributed by atoms with Gasteiger partial charge in [-0.05, 0) is 30.2 Å². The number of methoxy groups -OCH3 is 1. The molecular weight excluding hydrogens is 277 g/mol. The summed E-state index contributed by atoms with van der Waals surface area (Å²) in [5, 5.41) is 11.3. The van der Waals surface area contributed by atoms with Gasteiger partial charge in [0.15, 0.2) is 11.6 Å². The van der Waals surface area contributed by atoms with Gasteiger partial charge in [0, 0.05) is 12.6 Å². The standard InChI is InChI=1S/C15H18FNO4/c1-10(15(19)20)7-8-17-14(18)6-4-11-3-5-13(21-2)12(16)9-11/h3-6,9-10H,7-8H2,1-2H3,(H,17,18)(H,19,20)/b6-4+. The van der Waals surface area contributed by atoms with Crippen LogP contribution in [-0.4, -0.2) is 30.6 Å². The topological polar surface area (TPSA) is 75.6 Å². The third-order valence-electron chi connectivity index (χ3n) is 2.90. The summed E-state index contributed by atoms with van der Waals surface area (Å²) >= 11 is 0. The molecule has 6 heteroatoms. The van der Waals surface area contributed by atoms with Crippen LogP contribution < -0.4 is 10.1 Å². The van der Waals surface area contributed by atoms with Gasteiger partial charge in [-0.3, -0.25) is 9.59 Å². The van der Waals surface area contributed by atoms with Crippen molar-refractivity contribution in [1.82, 2.24) is 5.32 Å². The molecule has 0 aliphatic heterocycles. The van der Waals surface area contributed by atoms with Crippen LogP contribution in [0.3, 0.4) is 0 Å². The number of carboxylic acids is 1. The average molecular weight is 295 g/mol. The van der Waals surface area contributed by atoms with Gasteiger partial charge in [-0.1, -0.05) is 13.0 Å². The zero-order valence-electron chi connectivity index (χ0n) is 11.9. The van der Waals surface area contributed by atoms with Crippen molar-refractivity contribution in [3.8, 4) is 5.75 Å². The van der Waals surface area contributed by atoms with E-state index in [1.807, 2.05) is 0 Å². The fraction of sp³-hybridized carbons (Fsp3) is 0.333. The van der Waals surface area contributed by atoms with E-state index in [0.29, 0.717) is 12.0 Å². The molecule has 0 fully saturated rings. The lowest BCUT2D eigenvalue weighted by Gasteiger charge is -2.06. The van der Waals surface area contributed by atoms with E-state index in [1.54, 1.807) is 13.0 Å². The molecule has 114 valence electrons. The monoisotopic (exact) mass is 295 g/mol. The smallest absolute Gasteiger partial charge is 0.306 e. The predicted octanol–water partition coefficient (Wildman–Crippen LogP) is 2.07. The van der Waals surface area contributed by atoms with Crippen molar-refractivity contribution in [3.05, 3.63) is 35.7 Å². The van der Waals surface area contributed by atoms with Gasteiger partial charge in [0.2, 0.25) is 5.91 Å². The third-order valence-corrected chi connectivity index (χ3v) is 2.90. The summed E-state index contributed by atoms with van der Waals surface area (Å²) in [6.07, 6.45) is 3.09. The largest absolute Gasteiger partial charge is 0.494 e. The minimum Gasteiger partial charge on any atom is -0.494 e. The van der Waals surface area contributed by atoms with Crippen molar-refractivity contribution < 1.29 is 23.8 Å². The van der Waals surface area contributed by atoms with Crippen LogP contribution in [0.2, 0.25) is 0 Å². The lowest BCUT2D eigenvalue weighted by molar-refractivity contribution is -0.141. The summed E-state index contributed by atoms with van der Waals surface area (Å²) in [7, 11) is 1.37. The highest BCUT2D eigenvalue weighted by molar-refractivity contribution is 5.91. The first-order chi connectivity index (χ1) is 9.93. The van der Waals surface area contributed by atoms with Crippen molar-refractivity contribution in [1.29, 1.82) is 0 Å². The first-order valence-electron chi connectivity index (χ1n) is 6.46. The molecule has 0 saturated heterocycles. The number of ether oxygens (including phenoxy) is 1. The Labute approximate surface area is 122 Å². The van der Waals surface area contributed by atoms with Gasteiger partial charge < -0.3 is 15.2 Å². The second-order valence-electron chi connectivity index (χ2n) is 4.55. The van der Waals surface area contributed by atoms with Crippen molar-refractivity contribution in [2.24, 2.45) is 5.92 Å². The van der Waals surface area contributed by atoms with Crippen LogP contribution in [0.25, 0.3) is 6.08 Å². The van der Waals surface area contributed by atoms with Crippen molar-refractivity contribution in [3.63, 3.8) is 0 Å². The summed E-state index contributed by atoms with van der Waals surface area (Å²) in [4.78, 5) is 22.1. The lowest BCUT2D eigenvalue weighted by Crippen LogP contribution is -2.25. The van der Waals surface area contributed by atoms with Crippen molar-refractivity contribution >= 4 is 18.0 Å². The summed E-state index contributed by atoms with van der Waals surface area (Å²) in [6.45, 7) is 1.85. The van der Waals surface area contributed by atoms with Crippen LogP contribution in [0.1, 0.15) is 18.9 Å². The first-order valence-corrected chi connectivity index (χ1v) is 6.46. The Bertz CT molecular complexity index is 542. The molecule has 0 aliphatic carbocycles. The number of halogens is 1. The van der Waals surface area contributed by atoms with Gasteiger partial charge in [0.25, 0.3) is 0 Å². The molecule has 1 aromatic rings. The summed E-state index contributed by atoms with van der Waals surface area (Å²) in [5.41, 5.74) is 0.530. The van der Waals surface area contributed by atoms with Crippen LogP contribution in [-0.2, 0) is 9.59 Å². The first kappa shape index (κ1) is 16.7. The van der Waals surface area contributed by atoms with Crippen LogP contribution in [0.15, 0.2) is 24.3 Å². The number of amides is 1. The van der Waals surface area contributed by atoms with E-state index in [4.69, 9.17) is 9.84 Å². The van der Waals surface area contributed by atoms with Gasteiger partial charge in [-0.2, -0.15) is 0 Å². The van der Waals surface area contributed by atoms with Crippen LogP contribution in [0, 0.1) is 11.7 Å². The third kappa shape index (κ3) is 5.64. The number of aliphatic carboxylic acids is 1. The zero-order chi connectivity index (χ0) is 15.8. The predicted molar refractivity (Wildman–Crippen MR) is 76.4 cm³/mol. The Kier molecular flexibility index (Phi) is 6.39. The summed E-state index contributed by atoms with van der Waals surface area (Å²) < 4.78 is 18.2. The number of carbonyl (C=O) groups excluding carboxylic acids is 1. The molecule has 5 nitrogen and oxygen atoms in total. The van der Waals surface area contributed by atoms with E-state index in [0.717, 1.165) is 0 Å². The Morgan fingerprint density at radius 1 is 1.48 bits per heavy atom. The number of rotatable bonds is 7. The van der Waals surface area contributed by atoms with Crippen LogP contribution >= 0.6 is 0 Å². The number of benzene rings is 1. The Morgan fingerprint density at radius 2 is 2.19 bits per heavy atom. The SMILES string of the molecule is COc1ccc(/C=C/C(=O)NCCC(C)C(=O)O)cc1F. The van der Waals surface area contributed by atoms with Gasteiger partial charge in [-0.25, -0.2) is 4.39 Å². The molecule has 1 aromatic carbocycles. The molecule has 1 unspecified atom stereocenters. The quantitative estimate of drug-likeness (QED) is 0.755. The van der Waals surface area contributed by atoms with Crippen LogP contribution in [0.5, 0.6) is 5.75 Å². The van der Waals surface area contributed by atoms with E-state index in [-0.39, 0.29) is 18.2 Å². The van der Waals surface area contributed by atoms with Crippen molar-refractivity contribution in [2.75, 3.05) is 13.7 Å². The number of carbonyl (C=O) groups is 2. The molecule has 0 saturated carbocycles. The molecule has 0 aromatic heterocycles. The Hall–Kier alpha value is -2.37. The van der Waals surface area contributed by atoms with Crippen molar-refractivity contribution in [2.45, 2.75) is 13.3 Å². The molecule has 1 atom stereocenters. The van der Waals surface area contributed by atoms with E-state index in [2.05, 4.69) is 5.32 Å². The lowest BCUT2D eigenvalue weighted by atomic mass is 10.1. The second kappa shape index (κ2) is 8.04. The number of carboxylic acid groups (broad SMARTS) is 1. The zero-order valence-corrected chi connectivity index (χ0v) is 11.9. The highest BCUT2D eigenvalue weighted by atomic mass is 19.1. The fourth-order valence-corrected chi connectivity index (χ4v) is 1.55. The van der Waals surface area contributed by atoms with E-state index in [9.17, 15) is 14.0 Å². The minimum absolute atomic E-state index is 0.138. The van der Waals surface area contributed by atoms with Gasteiger partial charge in [0.1, 0.15) is 0 Å². The Morgan fingerprint density at radius 3 is 2.76 bits per heavy atom. The highest BCUT2D eigenvalue weighted by Crippen LogP contribution is 2.18. The minimum atomic E-state index is -0.895. The van der Waals surface area contributed by atoms with E-state index in [1.165, 1.54) is 31.4 Å². The molecule has 0 aliphatic rings. The number of hydrogen-bond acceptors (Lipinski definition) is 3. The average Bonchev–Trinajstić information content (AvgIpc) is 2.45. The van der Waals surface area contributed by atoms with Gasteiger partial charge in [-0.15, -0.1) is 0 Å². The molecule has 21 heavy (non-hydrogen) atoms. The van der Waals surface area contributed by atoms with Gasteiger partial charge >= 0.3 is 5.97 Å². The molecular formula is C15H18FNO4. The van der Waals surface area contributed by atoms with Gasteiger partial charge in [0.05, 0.1) is 13.0 Å². The normalized spacial score (nSPS) is 12.1. The molecule has 0 radical (unpaired) electrons. The maximum atomic E-state index is 13.4. The maximum Gasteiger partial charge on any atom is 0.306 e. The number of nitrogens with one attached hydrogen (secondary N) is 1. The molecule has 0 bridgehead atoms. The molecule has 2 N–H and O–H groups in total. The maximum absolute atomic E-state index is 13.4.